The van der Waals surface area contributed by atoms with Crippen molar-refractivity contribution in [3.63, 3.8) is 0 Å². The molecule has 152 valence electrons. The summed E-state index contributed by atoms with van der Waals surface area (Å²) in [6.07, 6.45) is 0. The summed E-state index contributed by atoms with van der Waals surface area (Å²) >= 11 is 0. The van der Waals surface area contributed by atoms with Gasteiger partial charge in [0, 0.05) is 18.3 Å². The summed E-state index contributed by atoms with van der Waals surface area (Å²) in [4.78, 5) is 17.3. The van der Waals surface area contributed by atoms with Crippen molar-refractivity contribution >= 4 is 28.6 Å². The number of benzene rings is 3. The average molecular weight is 402 g/mol. The van der Waals surface area contributed by atoms with Gasteiger partial charge >= 0.3 is 0 Å². The summed E-state index contributed by atoms with van der Waals surface area (Å²) in [5.74, 6) is 1.71. The lowest BCUT2D eigenvalue weighted by Gasteiger charge is -2.12. The van der Waals surface area contributed by atoms with Crippen LogP contribution in [0.3, 0.4) is 0 Å². The van der Waals surface area contributed by atoms with Gasteiger partial charge in [0.15, 0.2) is 0 Å². The van der Waals surface area contributed by atoms with Crippen molar-refractivity contribution in [3.8, 4) is 11.5 Å². The molecule has 0 fully saturated rings. The number of carbonyl (C=O) groups excluding carboxylic acids is 1. The molecule has 3 N–H and O–H groups in total. The molecule has 3 aromatic carbocycles. The van der Waals surface area contributed by atoms with Crippen molar-refractivity contribution in [2.24, 2.45) is 0 Å². The minimum Gasteiger partial charge on any atom is -0.457 e. The van der Waals surface area contributed by atoms with Crippen molar-refractivity contribution in [2.45, 2.75) is 6.54 Å². The van der Waals surface area contributed by atoms with E-state index in [2.05, 4.69) is 15.6 Å². The highest BCUT2D eigenvalue weighted by Crippen LogP contribution is 2.24. The van der Waals surface area contributed by atoms with Crippen LogP contribution in [0.2, 0.25) is 0 Å². The van der Waals surface area contributed by atoms with Crippen LogP contribution in [-0.4, -0.2) is 33.7 Å². The first kappa shape index (κ1) is 19.5. The zero-order valence-corrected chi connectivity index (χ0v) is 16.3. The number of aliphatic hydroxyl groups excluding tert-OH is 1. The molecule has 1 amide bonds. The van der Waals surface area contributed by atoms with Gasteiger partial charge in [-0.25, -0.2) is 4.98 Å². The monoisotopic (exact) mass is 402 g/mol. The molecule has 7 nitrogen and oxygen atoms in total. The SMILES string of the molecule is O=C(Cn1c(NCCO)nc2ccccc21)Nc1cccc(Oc2ccccc2)c1. The van der Waals surface area contributed by atoms with E-state index in [1.807, 2.05) is 72.8 Å². The molecule has 0 spiro atoms. The van der Waals surface area contributed by atoms with E-state index < -0.39 is 0 Å². The molecule has 0 atom stereocenters. The Morgan fingerprint density at radius 1 is 0.967 bits per heavy atom. The zero-order valence-electron chi connectivity index (χ0n) is 16.3. The number of carbonyl (C=O) groups is 1. The number of fused-ring (bicyclic) bond motifs is 1. The number of nitrogens with zero attached hydrogens (tertiary/aromatic N) is 2. The van der Waals surface area contributed by atoms with E-state index in [1.54, 1.807) is 10.6 Å². The van der Waals surface area contributed by atoms with E-state index >= 15 is 0 Å². The predicted octanol–water partition coefficient (Wildman–Crippen LogP) is 3.87. The fraction of sp³-hybridized carbons (Fsp3) is 0.130. The highest BCUT2D eigenvalue weighted by molar-refractivity contribution is 5.92. The minimum absolute atomic E-state index is 0.0242. The Morgan fingerprint density at radius 3 is 2.57 bits per heavy atom. The maximum Gasteiger partial charge on any atom is 0.244 e. The summed E-state index contributed by atoms with van der Waals surface area (Å²) in [6, 6.07) is 24.3. The van der Waals surface area contributed by atoms with Gasteiger partial charge in [-0.1, -0.05) is 36.4 Å². The highest BCUT2D eigenvalue weighted by Gasteiger charge is 2.13. The van der Waals surface area contributed by atoms with Gasteiger partial charge in [-0.15, -0.1) is 0 Å². The quantitative estimate of drug-likeness (QED) is 0.416. The summed E-state index contributed by atoms with van der Waals surface area (Å²) in [7, 11) is 0. The second kappa shape index (κ2) is 9.11. The lowest BCUT2D eigenvalue weighted by Crippen LogP contribution is -2.21. The van der Waals surface area contributed by atoms with Gasteiger partial charge in [0.1, 0.15) is 18.0 Å². The molecule has 0 aliphatic heterocycles. The summed E-state index contributed by atoms with van der Waals surface area (Å²) < 4.78 is 7.62. The van der Waals surface area contributed by atoms with Crippen molar-refractivity contribution in [2.75, 3.05) is 23.8 Å². The van der Waals surface area contributed by atoms with Crippen LogP contribution in [0, 0.1) is 0 Å². The van der Waals surface area contributed by atoms with Gasteiger partial charge < -0.3 is 25.0 Å². The molecule has 0 aliphatic carbocycles. The number of anilines is 2. The number of imidazole rings is 1. The van der Waals surface area contributed by atoms with E-state index in [4.69, 9.17) is 9.84 Å². The van der Waals surface area contributed by atoms with Crippen LogP contribution in [0.5, 0.6) is 11.5 Å². The van der Waals surface area contributed by atoms with Crippen LogP contribution in [-0.2, 0) is 11.3 Å². The third-order valence-corrected chi connectivity index (χ3v) is 4.45. The maximum atomic E-state index is 12.7. The number of hydrogen-bond acceptors (Lipinski definition) is 5. The molecular weight excluding hydrogens is 380 g/mol. The number of hydrogen-bond donors (Lipinski definition) is 3. The molecule has 0 bridgehead atoms. The van der Waals surface area contributed by atoms with E-state index in [0.29, 0.717) is 23.9 Å². The number of amides is 1. The van der Waals surface area contributed by atoms with Crippen LogP contribution in [0.25, 0.3) is 11.0 Å². The molecule has 0 radical (unpaired) electrons. The van der Waals surface area contributed by atoms with E-state index in [9.17, 15) is 4.79 Å². The average Bonchev–Trinajstić information content (AvgIpc) is 3.10. The van der Waals surface area contributed by atoms with E-state index in [1.165, 1.54) is 0 Å². The topological polar surface area (TPSA) is 88.4 Å². The molecule has 0 aliphatic rings. The lowest BCUT2D eigenvalue weighted by atomic mass is 10.3. The van der Waals surface area contributed by atoms with E-state index in [-0.39, 0.29) is 19.1 Å². The molecule has 0 saturated carbocycles. The van der Waals surface area contributed by atoms with Gasteiger partial charge in [-0.3, -0.25) is 4.79 Å². The van der Waals surface area contributed by atoms with Gasteiger partial charge in [0.05, 0.1) is 17.6 Å². The molecular formula is C23H22N4O3. The number of nitrogens with one attached hydrogen (secondary N) is 2. The Labute approximate surface area is 173 Å². The third-order valence-electron chi connectivity index (χ3n) is 4.45. The number of para-hydroxylation sites is 3. The number of rotatable bonds is 8. The van der Waals surface area contributed by atoms with Gasteiger partial charge in [0.25, 0.3) is 0 Å². The van der Waals surface area contributed by atoms with Crippen LogP contribution in [0.15, 0.2) is 78.9 Å². The molecule has 4 rings (SSSR count). The molecule has 1 heterocycles. The van der Waals surface area contributed by atoms with Crippen molar-refractivity contribution in [1.82, 2.24) is 9.55 Å². The van der Waals surface area contributed by atoms with E-state index in [0.717, 1.165) is 16.8 Å². The largest absolute Gasteiger partial charge is 0.457 e. The highest BCUT2D eigenvalue weighted by atomic mass is 16.5. The van der Waals surface area contributed by atoms with Crippen molar-refractivity contribution in [3.05, 3.63) is 78.9 Å². The first-order chi connectivity index (χ1) is 14.7. The Bertz CT molecular complexity index is 1140. The maximum absolute atomic E-state index is 12.7. The minimum atomic E-state index is -0.193. The predicted molar refractivity (Wildman–Crippen MR) is 117 cm³/mol. The fourth-order valence-corrected chi connectivity index (χ4v) is 3.14. The lowest BCUT2D eigenvalue weighted by molar-refractivity contribution is -0.116. The van der Waals surface area contributed by atoms with Gasteiger partial charge in [-0.2, -0.15) is 0 Å². The van der Waals surface area contributed by atoms with Crippen molar-refractivity contribution in [1.29, 1.82) is 0 Å². The molecule has 30 heavy (non-hydrogen) atoms. The summed E-state index contributed by atoms with van der Waals surface area (Å²) in [5.41, 5.74) is 2.26. The number of aliphatic hydroxyl groups is 1. The molecule has 0 saturated heterocycles. The summed E-state index contributed by atoms with van der Waals surface area (Å²) in [5, 5.41) is 15.1. The number of ether oxygens (including phenoxy) is 1. The Hall–Kier alpha value is -3.84. The molecule has 1 aromatic heterocycles. The standard InChI is InChI=1S/C23H22N4O3/c28-14-13-24-23-26-20-11-4-5-12-21(20)27(23)16-22(29)25-17-7-6-10-19(15-17)30-18-8-2-1-3-9-18/h1-12,15,28H,13-14,16H2,(H,24,26)(H,25,29). The molecule has 4 aromatic rings. The fourth-order valence-electron chi connectivity index (χ4n) is 3.14. The van der Waals surface area contributed by atoms with Crippen LogP contribution in [0.4, 0.5) is 11.6 Å². The van der Waals surface area contributed by atoms with Gasteiger partial charge in [0.2, 0.25) is 11.9 Å². The Kier molecular flexibility index (Phi) is 5.91. The Morgan fingerprint density at radius 2 is 1.73 bits per heavy atom. The Balaban J connectivity index is 1.49. The van der Waals surface area contributed by atoms with Gasteiger partial charge in [-0.05, 0) is 36.4 Å². The first-order valence-corrected chi connectivity index (χ1v) is 9.66. The zero-order chi connectivity index (χ0) is 20.8. The number of aromatic nitrogens is 2. The second-order valence-electron chi connectivity index (χ2n) is 6.65. The third kappa shape index (κ3) is 4.59. The van der Waals surface area contributed by atoms with Crippen LogP contribution in [0.1, 0.15) is 0 Å². The molecule has 7 heteroatoms. The molecule has 0 unspecified atom stereocenters. The van der Waals surface area contributed by atoms with Crippen LogP contribution >= 0.6 is 0 Å². The van der Waals surface area contributed by atoms with Crippen molar-refractivity contribution < 1.29 is 14.6 Å². The normalized spacial score (nSPS) is 10.7. The second-order valence-corrected chi connectivity index (χ2v) is 6.65. The van der Waals surface area contributed by atoms with Crippen LogP contribution < -0.4 is 15.4 Å². The first-order valence-electron chi connectivity index (χ1n) is 9.66. The smallest absolute Gasteiger partial charge is 0.244 e. The summed E-state index contributed by atoms with van der Waals surface area (Å²) in [6.45, 7) is 0.408.